The molecule has 0 amide bonds. The van der Waals surface area contributed by atoms with Crippen LogP contribution in [0, 0.1) is 0 Å². The van der Waals surface area contributed by atoms with Crippen LogP contribution in [0.3, 0.4) is 0 Å². The van der Waals surface area contributed by atoms with E-state index in [1.165, 1.54) is 4.57 Å². The summed E-state index contributed by atoms with van der Waals surface area (Å²) >= 11 is 0. The van der Waals surface area contributed by atoms with Crippen LogP contribution in [-0.4, -0.2) is 32.3 Å². The molecule has 0 N–H and O–H groups in total. The highest BCUT2D eigenvalue weighted by Crippen LogP contribution is 2.21. The normalized spacial score (nSPS) is 17.5. The van der Waals surface area contributed by atoms with Gasteiger partial charge in [-0.3, -0.25) is 4.90 Å². The van der Waals surface area contributed by atoms with Crippen molar-refractivity contribution in [1.82, 2.24) is 19.7 Å². The first-order chi connectivity index (χ1) is 7.09. The van der Waals surface area contributed by atoms with Gasteiger partial charge in [0.15, 0.2) is 5.82 Å². The minimum absolute atomic E-state index is 0.201. The van der Waals surface area contributed by atoms with Crippen LogP contribution in [0.2, 0.25) is 0 Å². The lowest BCUT2D eigenvalue weighted by Crippen LogP contribution is -2.38. The van der Waals surface area contributed by atoms with Crippen molar-refractivity contribution in [2.75, 3.05) is 6.54 Å². The van der Waals surface area contributed by atoms with Gasteiger partial charge in [-0.15, -0.1) is 10.2 Å². The number of alkyl halides is 2. The zero-order valence-corrected chi connectivity index (χ0v) is 8.82. The largest absolute Gasteiger partial charge is 0.308 e. The van der Waals surface area contributed by atoms with E-state index >= 15 is 0 Å². The summed E-state index contributed by atoms with van der Waals surface area (Å²) < 4.78 is 26.5. The van der Waals surface area contributed by atoms with Gasteiger partial charge in [-0.1, -0.05) is 0 Å². The van der Waals surface area contributed by atoms with Crippen LogP contribution >= 0.6 is 0 Å². The number of nitrogens with zero attached hydrogens (tertiary/aromatic N) is 4. The predicted octanol–water partition coefficient (Wildman–Crippen LogP) is 1.44. The van der Waals surface area contributed by atoms with E-state index in [4.69, 9.17) is 0 Å². The summed E-state index contributed by atoms with van der Waals surface area (Å²) in [6, 6.07) is 0.408. The number of hydrogen-bond donors (Lipinski definition) is 0. The Kier molecular flexibility index (Phi) is 2.68. The molecular formula is C9H14F2N4. The summed E-state index contributed by atoms with van der Waals surface area (Å²) in [4.78, 5) is 2.19. The predicted molar refractivity (Wildman–Crippen MR) is 50.5 cm³/mol. The number of aromatic nitrogens is 3. The molecule has 1 aliphatic rings. The summed E-state index contributed by atoms with van der Waals surface area (Å²) in [5.74, 6) is 0.443. The lowest BCUT2D eigenvalue weighted by Gasteiger charge is -2.30. The molecule has 0 spiro atoms. The molecule has 2 rings (SSSR count). The molecule has 0 saturated heterocycles. The third-order valence-corrected chi connectivity index (χ3v) is 2.74. The molecule has 84 valence electrons. The number of fused-ring (bicyclic) bond motifs is 1. The van der Waals surface area contributed by atoms with Crippen molar-refractivity contribution in [3.05, 3.63) is 11.6 Å². The highest BCUT2D eigenvalue weighted by Gasteiger charge is 2.25. The van der Waals surface area contributed by atoms with Gasteiger partial charge in [0.2, 0.25) is 0 Å². The highest BCUT2D eigenvalue weighted by atomic mass is 19.3. The van der Waals surface area contributed by atoms with Crippen LogP contribution in [0.5, 0.6) is 0 Å². The van der Waals surface area contributed by atoms with Gasteiger partial charge in [0.1, 0.15) is 5.82 Å². The quantitative estimate of drug-likeness (QED) is 0.750. The Morgan fingerprint density at radius 3 is 2.53 bits per heavy atom. The number of hydrogen-bond acceptors (Lipinski definition) is 3. The molecule has 0 aliphatic carbocycles. The molecule has 2 heterocycles. The lowest BCUT2D eigenvalue weighted by atomic mass is 10.2. The average Bonchev–Trinajstić information content (AvgIpc) is 2.59. The Labute approximate surface area is 86.9 Å². The molecule has 0 aromatic carbocycles. The van der Waals surface area contributed by atoms with Crippen molar-refractivity contribution in [3.8, 4) is 0 Å². The lowest BCUT2D eigenvalue weighted by molar-refractivity contribution is 0.124. The number of rotatable bonds is 2. The molecule has 0 atom stereocenters. The molecule has 0 radical (unpaired) electrons. The van der Waals surface area contributed by atoms with E-state index in [0.29, 0.717) is 25.0 Å². The Morgan fingerprint density at radius 1 is 1.20 bits per heavy atom. The summed E-state index contributed by atoms with van der Waals surface area (Å²) in [6.45, 7) is 6.11. The van der Waals surface area contributed by atoms with Gasteiger partial charge >= 0.3 is 0 Å². The average molecular weight is 216 g/mol. The SMILES string of the molecule is CC(C)N1CCn2c(nnc2C(F)F)C1. The molecule has 4 nitrogen and oxygen atoms in total. The van der Waals surface area contributed by atoms with Gasteiger partial charge in [-0.05, 0) is 13.8 Å². The third-order valence-electron chi connectivity index (χ3n) is 2.74. The first-order valence-corrected chi connectivity index (χ1v) is 5.03. The maximum atomic E-state index is 12.5. The van der Waals surface area contributed by atoms with Crippen LogP contribution < -0.4 is 0 Å². The van der Waals surface area contributed by atoms with Crippen molar-refractivity contribution in [2.45, 2.75) is 39.4 Å². The second-order valence-corrected chi connectivity index (χ2v) is 3.99. The van der Waals surface area contributed by atoms with E-state index in [1.54, 1.807) is 0 Å². The maximum absolute atomic E-state index is 12.5. The molecule has 0 saturated carbocycles. The van der Waals surface area contributed by atoms with Crippen molar-refractivity contribution >= 4 is 0 Å². The molecular weight excluding hydrogens is 202 g/mol. The van der Waals surface area contributed by atoms with Crippen molar-refractivity contribution < 1.29 is 8.78 Å². The standard InChI is InChI=1S/C9H14F2N4/c1-6(2)14-3-4-15-7(5-14)12-13-9(15)8(10)11/h6,8H,3-5H2,1-2H3. The van der Waals surface area contributed by atoms with Crippen LogP contribution in [0.1, 0.15) is 31.9 Å². The van der Waals surface area contributed by atoms with Gasteiger partial charge in [-0.25, -0.2) is 8.78 Å². The molecule has 1 aliphatic heterocycles. The fraction of sp³-hybridized carbons (Fsp3) is 0.778. The van der Waals surface area contributed by atoms with Crippen LogP contribution in [-0.2, 0) is 13.1 Å². The van der Waals surface area contributed by atoms with E-state index in [9.17, 15) is 8.78 Å². The Morgan fingerprint density at radius 2 is 1.93 bits per heavy atom. The molecule has 0 unspecified atom stereocenters. The van der Waals surface area contributed by atoms with Crippen molar-refractivity contribution in [1.29, 1.82) is 0 Å². The fourth-order valence-electron chi connectivity index (χ4n) is 1.80. The van der Waals surface area contributed by atoms with E-state index in [1.807, 2.05) is 0 Å². The molecule has 15 heavy (non-hydrogen) atoms. The van der Waals surface area contributed by atoms with Crippen LogP contribution in [0.25, 0.3) is 0 Å². The summed E-state index contributed by atoms with van der Waals surface area (Å²) in [7, 11) is 0. The minimum atomic E-state index is -2.53. The molecule has 1 aromatic rings. The molecule has 0 bridgehead atoms. The molecule has 1 aromatic heterocycles. The van der Waals surface area contributed by atoms with Gasteiger partial charge in [-0.2, -0.15) is 0 Å². The monoisotopic (exact) mass is 216 g/mol. The first-order valence-electron chi connectivity index (χ1n) is 5.03. The van der Waals surface area contributed by atoms with Gasteiger partial charge in [0, 0.05) is 19.1 Å². The van der Waals surface area contributed by atoms with Gasteiger partial charge in [0.25, 0.3) is 6.43 Å². The molecule has 6 heteroatoms. The van der Waals surface area contributed by atoms with Crippen LogP contribution in [0.4, 0.5) is 8.78 Å². The maximum Gasteiger partial charge on any atom is 0.297 e. The molecule has 0 fully saturated rings. The topological polar surface area (TPSA) is 34.0 Å². The third kappa shape index (κ3) is 1.86. The number of halogens is 2. The van der Waals surface area contributed by atoms with Gasteiger partial charge in [0.05, 0.1) is 6.54 Å². The summed E-state index contributed by atoms with van der Waals surface area (Å²) in [5, 5.41) is 7.33. The minimum Gasteiger partial charge on any atom is -0.308 e. The Balaban J connectivity index is 2.22. The Hall–Kier alpha value is -1.04. The first kappa shape index (κ1) is 10.5. The van der Waals surface area contributed by atoms with E-state index in [0.717, 1.165) is 6.54 Å². The zero-order chi connectivity index (χ0) is 11.0. The smallest absolute Gasteiger partial charge is 0.297 e. The van der Waals surface area contributed by atoms with E-state index in [-0.39, 0.29) is 5.82 Å². The second kappa shape index (κ2) is 3.84. The Bertz CT molecular complexity index is 348. The van der Waals surface area contributed by atoms with Gasteiger partial charge < -0.3 is 4.57 Å². The van der Waals surface area contributed by atoms with Crippen LogP contribution in [0.15, 0.2) is 0 Å². The van der Waals surface area contributed by atoms with Crippen molar-refractivity contribution in [2.24, 2.45) is 0 Å². The van der Waals surface area contributed by atoms with E-state index < -0.39 is 6.43 Å². The summed E-state index contributed by atoms with van der Waals surface area (Å²) in [6.07, 6.45) is -2.53. The summed E-state index contributed by atoms with van der Waals surface area (Å²) in [5.41, 5.74) is 0. The zero-order valence-electron chi connectivity index (χ0n) is 8.82. The second-order valence-electron chi connectivity index (χ2n) is 3.99. The fourth-order valence-corrected chi connectivity index (χ4v) is 1.80. The van der Waals surface area contributed by atoms with Crippen molar-refractivity contribution in [3.63, 3.8) is 0 Å². The highest BCUT2D eigenvalue weighted by molar-refractivity contribution is 5.00. The van der Waals surface area contributed by atoms with E-state index in [2.05, 4.69) is 28.9 Å².